The molecule has 1 N–H and O–H groups in total. The minimum absolute atomic E-state index is 0.0677. The molecule has 1 aromatic heterocycles. The zero-order valence-electron chi connectivity index (χ0n) is 12.2. The molecule has 0 unspecified atom stereocenters. The highest BCUT2D eigenvalue weighted by Crippen LogP contribution is 2.30. The minimum atomic E-state index is -0.278. The first kappa shape index (κ1) is 14.5. The number of hydrogen-bond acceptors (Lipinski definition) is 5. The van der Waals surface area contributed by atoms with Crippen LogP contribution in [-0.2, 0) is 0 Å². The van der Waals surface area contributed by atoms with E-state index in [0.29, 0.717) is 11.3 Å². The lowest BCUT2D eigenvalue weighted by atomic mass is 10.1. The summed E-state index contributed by atoms with van der Waals surface area (Å²) in [5.41, 5.74) is 1.64. The summed E-state index contributed by atoms with van der Waals surface area (Å²) in [4.78, 5) is 16.6. The van der Waals surface area contributed by atoms with Gasteiger partial charge >= 0.3 is 0 Å². The van der Waals surface area contributed by atoms with Crippen molar-refractivity contribution < 1.29 is 9.53 Å². The second-order valence-electron chi connectivity index (χ2n) is 5.16. The Kier molecular flexibility index (Phi) is 3.93. The molecule has 0 fully saturated rings. The molecule has 2 heterocycles. The highest BCUT2D eigenvalue weighted by Gasteiger charge is 2.24. The van der Waals surface area contributed by atoms with Gasteiger partial charge in [-0.1, -0.05) is 36.0 Å². The van der Waals surface area contributed by atoms with Crippen molar-refractivity contribution in [3.63, 3.8) is 0 Å². The standard InChI is InChI=1S/C17H14N2O2S2/c20-16-11-5-1-3-7-13(11)21-15(19-16)9-10-22-17-18-12-6-2-4-8-14(12)23-17/h1-8,15H,9-10H2,(H,19,20)/t15-/m1/s1. The van der Waals surface area contributed by atoms with Gasteiger partial charge < -0.3 is 10.1 Å². The van der Waals surface area contributed by atoms with Gasteiger partial charge in [-0.2, -0.15) is 0 Å². The third-order valence-electron chi connectivity index (χ3n) is 3.57. The van der Waals surface area contributed by atoms with E-state index in [4.69, 9.17) is 4.74 Å². The summed E-state index contributed by atoms with van der Waals surface area (Å²) in [6, 6.07) is 15.5. The molecule has 1 aliphatic rings. The second-order valence-corrected chi connectivity index (χ2v) is 7.53. The smallest absolute Gasteiger partial charge is 0.257 e. The molecule has 6 heteroatoms. The van der Waals surface area contributed by atoms with Crippen LogP contribution < -0.4 is 10.1 Å². The number of hydrogen-bond donors (Lipinski definition) is 1. The molecule has 0 saturated carbocycles. The predicted octanol–water partition coefficient (Wildman–Crippen LogP) is 3.93. The Bertz CT molecular complexity index is 829. The number of ether oxygens (including phenoxy) is 1. The lowest BCUT2D eigenvalue weighted by molar-refractivity contribution is 0.0752. The summed E-state index contributed by atoms with van der Waals surface area (Å²) in [6.07, 6.45) is 0.458. The van der Waals surface area contributed by atoms with Crippen LogP contribution in [0, 0.1) is 0 Å². The van der Waals surface area contributed by atoms with E-state index in [1.165, 1.54) is 4.70 Å². The average Bonchev–Trinajstić information content (AvgIpc) is 2.98. The molecule has 23 heavy (non-hydrogen) atoms. The third kappa shape index (κ3) is 3.04. The van der Waals surface area contributed by atoms with Gasteiger partial charge in [0.15, 0.2) is 10.6 Å². The fraction of sp³-hybridized carbons (Fsp3) is 0.176. The van der Waals surface area contributed by atoms with Gasteiger partial charge in [-0.3, -0.25) is 4.79 Å². The summed E-state index contributed by atoms with van der Waals surface area (Å²) in [5.74, 6) is 1.43. The van der Waals surface area contributed by atoms with E-state index < -0.39 is 0 Å². The molecule has 0 bridgehead atoms. The van der Waals surface area contributed by atoms with Gasteiger partial charge in [0.1, 0.15) is 5.75 Å². The normalized spacial score (nSPS) is 16.7. The summed E-state index contributed by atoms with van der Waals surface area (Å²) in [7, 11) is 0. The van der Waals surface area contributed by atoms with Crippen molar-refractivity contribution in [1.82, 2.24) is 10.3 Å². The maximum Gasteiger partial charge on any atom is 0.257 e. The van der Waals surface area contributed by atoms with E-state index >= 15 is 0 Å². The van der Waals surface area contributed by atoms with E-state index in [-0.39, 0.29) is 12.1 Å². The van der Waals surface area contributed by atoms with Gasteiger partial charge in [0.05, 0.1) is 15.8 Å². The summed E-state index contributed by atoms with van der Waals surface area (Å²) >= 11 is 3.40. The Morgan fingerprint density at radius 3 is 2.91 bits per heavy atom. The number of thioether (sulfide) groups is 1. The Hall–Kier alpha value is -2.05. The van der Waals surface area contributed by atoms with Crippen LogP contribution in [0.1, 0.15) is 16.8 Å². The average molecular weight is 342 g/mol. The monoisotopic (exact) mass is 342 g/mol. The maximum absolute atomic E-state index is 12.0. The molecule has 3 aromatic rings. The van der Waals surface area contributed by atoms with Crippen LogP contribution in [0.5, 0.6) is 5.75 Å². The van der Waals surface area contributed by atoms with Crippen molar-refractivity contribution in [1.29, 1.82) is 0 Å². The first-order valence-corrected chi connectivity index (χ1v) is 9.15. The first-order valence-electron chi connectivity index (χ1n) is 7.34. The third-order valence-corrected chi connectivity index (χ3v) is 5.79. The number of fused-ring (bicyclic) bond motifs is 2. The van der Waals surface area contributed by atoms with Crippen molar-refractivity contribution in [3.8, 4) is 5.75 Å². The number of benzene rings is 2. The number of rotatable bonds is 4. The number of nitrogens with one attached hydrogen (secondary N) is 1. The van der Waals surface area contributed by atoms with Gasteiger partial charge in [-0.25, -0.2) is 4.98 Å². The molecule has 1 atom stereocenters. The number of carbonyl (C=O) groups is 1. The molecular formula is C17H14N2O2S2. The second kappa shape index (κ2) is 6.22. The minimum Gasteiger partial charge on any atom is -0.470 e. The number of nitrogens with zero attached hydrogens (tertiary/aromatic N) is 1. The molecule has 1 aliphatic heterocycles. The number of thiazole rings is 1. The predicted molar refractivity (Wildman–Crippen MR) is 93.3 cm³/mol. The van der Waals surface area contributed by atoms with Crippen LogP contribution in [-0.4, -0.2) is 22.9 Å². The molecule has 4 rings (SSSR count). The zero-order chi connectivity index (χ0) is 15.6. The Morgan fingerprint density at radius 2 is 2.00 bits per heavy atom. The molecular weight excluding hydrogens is 328 g/mol. The zero-order valence-corrected chi connectivity index (χ0v) is 13.8. The van der Waals surface area contributed by atoms with Crippen LogP contribution in [0.4, 0.5) is 0 Å². The molecule has 0 saturated heterocycles. The quantitative estimate of drug-likeness (QED) is 0.730. The lowest BCUT2D eigenvalue weighted by Gasteiger charge is -2.26. The van der Waals surface area contributed by atoms with Gasteiger partial charge in [0.2, 0.25) is 0 Å². The largest absolute Gasteiger partial charge is 0.470 e. The first-order chi connectivity index (χ1) is 11.3. The topological polar surface area (TPSA) is 51.2 Å². The van der Waals surface area contributed by atoms with Gasteiger partial charge in [0.25, 0.3) is 5.91 Å². The number of para-hydroxylation sites is 2. The van der Waals surface area contributed by atoms with Crippen LogP contribution in [0.2, 0.25) is 0 Å². The highest BCUT2D eigenvalue weighted by molar-refractivity contribution is 8.01. The number of aromatic nitrogens is 1. The lowest BCUT2D eigenvalue weighted by Crippen LogP contribution is -2.43. The number of carbonyl (C=O) groups excluding carboxylic acids is 1. The van der Waals surface area contributed by atoms with E-state index in [1.54, 1.807) is 29.2 Å². The van der Waals surface area contributed by atoms with Crippen molar-refractivity contribution in [3.05, 3.63) is 54.1 Å². The molecule has 2 aromatic carbocycles. The summed E-state index contributed by atoms with van der Waals surface area (Å²) < 4.78 is 8.09. The molecule has 0 aliphatic carbocycles. The van der Waals surface area contributed by atoms with Crippen LogP contribution in [0.25, 0.3) is 10.2 Å². The molecule has 4 nitrogen and oxygen atoms in total. The van der Waals surface area contributed by atoms with Crippen molar-refractivity contribution in [2.75, 3.05) is 5.75 Å². The van der Waals surface area contributed by atoms with Crippen molar-refractivity contribution >= 4 is 39.2 Å². The summed E-state index contributed by atoms with van der Waals surface area (Å²) in [5, 5.41) is 2.89. The Morgan fingerprint density at radius 1 is 1.17 bits per heavy atom. The molecule has 0 radical (unpaired) electrons. The molecule has 1 amide bonds. The van der Waals surface area contributed by atoms with Crippen LogP contribution in [0.3, 0.4) is 0 Å². The SMILES string of the molecule is O=C1N[C@@H](CCSc2nc3ccccc3s2)Oc2ccccc21. The maximum atomic E-state index is 12.0. The Balaban J connectivity index is 1.37. The van der Waals surface area contributed by atoms with E-state index in [9.17, 15) is 4.79 Å². The fourth-order valence-corrected chi connectivity index (χ4v) is 4.58. The number of amides is 1. The highest BCUT2D eigenvalue weighted by atomic mass is 32.2. The van der Waals surface area contributed by atoms with Crippen LogP contribution in [0.15, 0.2) is 52.9 Å². The van der Waals surface area contributed by atoms with Gasteiger partial charge in [-0.15, -0.1) is 11.3 Å². The molecule has 116 valence electrons. The Labute approximate surface area is 141 Å². The van der Waals surface area contributed by atoms with Crippen LogP contribution >= 0.6 is 23.1 Å². The molecule has 0 spiro atoms. The summed E-state index contributed by atoms with van der Waals surface area (Å²) in [6.45, 7) is 0. The van der Waals surface area contributed by atoms with Crippen molar-refractivity contribution in [2.24, 2.45) is 0 Å². The van der Waals surface area contributed by atoms with Gasteiger partial charge in [-0.05, 0) is 24.3 Å². The van der Waals surface area contributed by atoms with E-state index in [1.807, 2.05) is 36.4 Å². The van der Waals surface area contributed by atoms with E-state index in [2.05, 4.69) is 16.4 Å². The van der Waals surface area contributed by atoms with Crippen molar-refractivity contribution in [2.45, 2.75) is 17.0 Å². The fourth-order valence-electron chi connectivity index (χ4n) is 2.46. The van der Waals surface area contributed by atoms with E-state index in [0.717, 1.165) is 22.0 Å². The van der Waals surface area contributed by atoms with Gasteiger partial charge in [0, 0.05) is 12.2 Å².